The van der Waals surface area contributed by atoms with Crippen LogP contribution in [0.25, 0.3) is 11.4 Å². The topological polar surface area (TPSA) is 29.9 Å². The van der Waals surface area contributed by atoms with Gasteiger partial charge in [-0.2, -0.15) is 0 Å². The molecule has 0 atom stereocenters. The summed E-state index contributed by atoms with van der Waals surface area (Å²) in [6.07, 6.45) is 0. The molecule has 0 spiro atoms. The molecule has 1 aliphatic heterocycles. The number of aromatic nitrogens is 2. The van der Waals surface area contributed by atoms with Crippen molar-refractivity contribution in [2.75, 3.05) is 6.54 Å². The van der Waals surface area contributed by atoms with Crippen molar-refractivity contribution >= 4 is 15.9 Å². The minimum absolute atomic E-state index is 0.886. The van der Waals surface area contributed by atoms with E-state index in [-0.39, 0.29) is 0 Å². The van der Waals surface area contributed by atoms with Crippen LogP contribution in [0.3, 0.4) is 0 Å². The molecule has 1 aromatic heterocycles. The second-order valence-electron chi connectivity index (χ2n) is 5.28. The molecule has 100 valence electrons. The Labute approximate surface area is 122 Å². The van der Waals surface area contributed by atoms with Gasteiger partial charge in [0.15, 0.2) is 0 Å². The van der Waals surface area contributed by atoms with Crippen LogP contribution in [0.4, 0.5) is 0 Å². The summed E-state index contributed by atoms with van der Waals surface area (Å²) in [6.45, 7) is 9.36. The van der Waals surface area contributed by atoms with Crippen LogP contribution in [-0.2, 0) is 13.1 Å². The van der Waals surface area contributed by atoms with Crippen molar-refractivity contribution in [1.82, 2.24) is 14.9 Å². The van der Waals surface area contributed by atoms with Crippen LogP contribution in [0, 0.1) is 20.8 Å². The SMILES string of the molecule is Cc1cc(C)c(-c2nc(Br)c3n2CCNC3)c(C)c1. The second-order valence-corrected chi connectivity index (χ2v) is 6.03. The summed E-state index contributed by atoms with van der Waals surface area (Å²) in [5.41, 5.74) is 6.44. The van der Waals surface area contributed by atoms with Crippen LogP contribution in [0.2, 0.25) is 0 Å². The molecule has 0 saturated carbocycles. The molecule has 0 unspecified atom stereocenters. The van der Waals surface area contributed by atoms with E-state index in [1.165, 1.54) is 27.9 Å². The highest BCUT2D eigenvalue weighted by atomic mass is 79.9. The average molecular weight is 320 g/mol. The number of nitrogens with one attached hydrogen (secondary N) is 1. The number of halogens is 1. The first kappa shape index (κ1) is 12.9. The Hall–Kier alpha value is -1.13. The van der Waals surface area contributed by atoms with E-state index in [1.54, 1.807) is 0 Å². The van der Waals surface area contributed by atoms with Crippen molar-refractivity contribution in [3.05, 3.63) is 39.1 Å². The van der Waals surface area contributed by atoms with Gasteiger partial charge in [0.2, 0.25) is 0 Å². The van der Waals surface area contributed by atoms with Gasteiger partial charge in [-0.25, -0.2) is 4.98 Å². The van der Waals surface area contributed by atoms with Crippen molar-refractivity contribution in [2.24, 2.45) is 0 Å². The Kier molecular flexibility index (Phi) is 3.23. The fourth-order valence-corrected chi connectivity index (χ4v) is 3.51. The molecule has 0 aliphatic carbocycles. The molecule has 1 aromatic carbocycles. The summed E-state index contributed by atoms with van der Waals surface area (Å²) in [5.74, 6) is 1.10. The van der Waals surface area contributed by atoms with Gasteiger partial charge in [0.05, 0.1) is 5.69 Å². The van der Waals surface area contributed by atoms with Crippen molar-refractivity contribution in [3.8, 4) is 11.4 Å². The number of hydrogen-bond donors (Lipinski definition) is 1. The summed E-state index contributed by atoms with van der Waals surface area (Å²) in [7, 11) is 0. The van der Waals surface area contributed by atoms with Crippen LogP contribution in [0.5, 0.6) is 0 Å². The maximum atomic E-state index is 4.75. The molecule has 3 rings (SSSR count). The lowest BCUT2D eigenvalue weighted by Crippen LogP contribution is -2.28. The lowest BCUT2D eigenvalue weighted by Gasteiger charge is -2.19. The Morgan fingerprint density at radius 1 is 1.21 bits per heavy atom. The third-order valence-corrected chi connectivity index (χ3v) is 4.36. The smallest absolute Gasteiger partial charge is 0.142 e. The molecule has 2 aromatic rings. The molecule has 0 amide bonds. The van der Waals surface area contributed by atoms with E-state index in [4.69, 9.17) is 4.98 Å². The Bertz CT molecular complexity index is 620. The Balaban J connectivity index is 2.23. The summed E-state index contributed by atoms with van der Waals surface area (Å²) < 4.78 is 3.31. The zero-order valence-corrected chi connectivity index (χ0v) is 13.1. The van der Waals surface area contributed by atoms with E-state index in [2.05, 4.69) is 58.7 Å². The number of rotatable bonds is 1. The minimum Gasteiger partial charge on any atom is -0.325 e. The van der Waals surface area contributed by atoms with Gasteiger partial charge in [-0.3, -0.25) is 0 Å². The maximum Gasteiger partial charge on any atom is 0.142 e. The number of aryl methyl sites for hydroxylation is 3. The number of imidazole rings is 1. The average Bonchev–Trinajstić information content (AvgIpc) is 2.67. The molecular weight excluding hydrogens is 302 g/mol. The number of nitrogens with zero attached hydrogens (tertiary/aromatic N) is 2. The molecule has 0 saturated heterocycles. The van der Waals surface area contributed by atoms with E-state index in [0.717, 1.165) is 30.1 Å². The largest absolute Gasteiger partial charge is 0.325 e. The normalized spacial score (nSPS) is 14.5. The van der Waals surface area contributed by atoms with E-state index < -0.39 is 0 Å². The summed E-state index contributed by atoms with van der Waals surface area (Å²) in [6, 6.07) is 4.47. The monoisotopic (exact) mass is 319 g/mol. The lowest BCUT2D eigenvalue weighted by molar-refractivity contribution is 0.518. The summed E-state index contributed by atoms with van der Waals surface area (Å²) in [4.78, 5) is 4.75. The number of fused-ring (bicyclic) bond motifs is 1. The number of hydrogen-bond acceptors (Lipinski definition) is 2. The zero-order chi connectivity index (χ0) is 13.6. The third-order valence-electron chi connectivity index (χ3n) is 3.73. The quantitative estimate of drug-likeness (QED) is 0.873. The summed E-state index contributed by atoms with van der Waals surface area (Å²) in [5, 5.41) is 3.39. The van der Waals surface area contributed by atoms with E-state index in [9.17, 15) is 0 Å². The van der Waals surface area contributed by atoms with Crippen LogP contribution in [0.1, 0.15) is 22.4 Å². The molecule has 2 heterocycles. The molecule has 0 bridgehead atoms. The van der Waals surface area contributed by atoms with Crippen molar-refractivity contribution in [2.45, 2.75) is 33.9 Å². The zero-order valence-electron chi connectivity index (χ0n) is 11.5. The molecule has 3 nitrogen and oxygen atoms in total. The maximum absolute atomic E-state index is 4.75. The van der Waals surface area contributed by atoms with Gasteiger partial charge in [0.25, 0.3) is 0 Å². The fourth-order valence-electron chi connectivity index (χ4n) is 2.99. The molecule has 4 heteroatoms. The minimum atomic E-state index is 0.886. The van der Waals surface area contributed by atoms with Crippen LogP contribution >= 0.6 is 15.9 Å². The Morgan fingerprint density at radius 3 is 2.58 bits per heavy atom. The van der Waals surface area contributed by atoms with Crippen molar-refractivity contribution < 1.29 is 0 Å². The van der Waals surface area contributed by atoms with Gasteiger partial charge in [-0.1, -0.05) is 17.7 Å². The van der Waals surface area contributed by atoms with E-state index in [1.807, 2.05) is 0 Å². The molecule has 0 fully saturated rings. The van der Waals surface area contributed by atoms with Crippen molar-refractivity contribution in [1.29, 1.82) is 0 Å². The molecule has 19 heavy (non-hydrogen) atoms. The van der Waals surface area contributed by atoms with Gasteiger partial charge in [0, 0.05) is 25.2 Å². The predicted octanol–water partition coefficient (Wildman–Crippen LogP) is 3.34. The lowest BCUT2D eigenvalue weighted by atomic mass is 9.99. The van der Waals surface area contributed by atoms with Gasteiger partial charge in [-0.15, -0.1) is 0 Å². The molecule has 1 N–H and O–H groups in total. The molecule has 0 radical (unpaired) electrons. The van der Waals surface area contributed by atoms with Crippen LogP contribution < -0.4 is 5.32 Å². The highest BCUT2D eigenvalue weighted by Gasteiger charge is 2.21. The molecular formula is C15H18BrN3. The standard InChI is InChI=1S/C15H18BrN3/c1-9-6-10(2)13(11(3)7-9)15-18-14(16)12-8-17-4-5-19(12)15/h6-7,17H,4-5,8H2,1-3H3. The van der Waals surface area contributed by atoms with Gasteiger partial charge in [-0.05, 0) is 47.8 Å². The third kappa shape index (κ3) is 2.13. The second kappa shape index (κ2) is 4.76. The number of benzene rings is 1. The first-order valence-corrected chi connectivity index (χ1v) is 7.41. The van der Waals surface area contributed by atoms with Crippen molar-refractivity contribution in [3.63, 3.8) is 0 Å². The highest BCUT2D eigenvalue weighted by molar-refractivity contribution is 9.10. The van der Waals surface area contributed by atoms with E-state index in [0.29, 0.717) is 0 Å². The molecule has 1 aliphatic rings. The first-order valence-electron chi connectivity index (χ1n) is 6.61. The van der Waals surface area contributed by atoms with E-state index >= 15 is 0 Å². The Morgan fingerprint density at radius 2 is 1.89 bits per heavy atom. The van der Waals surface area contributed by atoms with Gasteiger partial charge < -0.3 is 9.88 Å². The van der Waals surface area contributed by atoms with Crippen LogP contribution in [0.15, 0.2) is 16.7 Å². The highest BCUT2D eigenvalue weighted by Crippen LogP contribution is 2.32. The predicted molar refractivity (Wildman–Crippen MR) is 81.3 cm³/mol. The fraction of sp³-hybridized carbons (Fsp3) is 0.400. The first-order chi connectivity index (χ1) is 9.08. The van der Waals surface area contributed by atoms with Crippen LogP contribution in [-0.4, -0.2) is 16.1 Å². The van der Waals surface area contributed by atoms with Gasteiger partial charge in [0.1, 0.15) is 10.4 Å². The van der Waals surface area contributed by atoms with Gasteiger partial charge >= 0.3 is 0 Å². The summed E-state index contributed by atoms with van der Waals surface area (Å²) >= 11 is 3.59.